The molecule has 4 heterocycles. The molecule has 4 aliphatic rings. The second-order valence-electron chi connectivity index (χ2n) is 16.1. The van der Waals surface area contributed by atoms with E-state index < -0.39 is 31.4 Å². The van der Waals surface area contributed by atoms with Gasteiger partial charge in [-0.3, -0.25) is 14.9 Å². The zero-order valence-electron chi connectivity index (χ0n) is 32.8. The molecule has 3 N–H and O–H groups in total. The summed E-state index contributed by atoms with van der Waals surface area (Å²) in [4.78, 5) is 34.9. The Morgan fingerprint density at radius 2 is 1.69 bits per heavy atom. The monoisotopic (exact) mass is 816 g/mol. The summed E-state index contributed by atoms with van der Waals surface area (Å²) in [7, 11) is -4.55. The van der Waals surface area contributed by atoms with Crippen molar-refractivity contribution in [3.8, 4) is 22.6 Å². The Kier molecular flexibility index (Phi) is 10.8. The quantitative estimate of drug-likeness (QED) is 0.0592. The maximum Gasteiger partial charge on any atom is 0.293 e. The van der Waals surface area contributed by atoms with E-state index in [0.29, 0.717) is 37.2 Å². The van der Waals surface area contributed by atoms with Gasteiger partial charge in [-0.1, -0.05) is 23.8 Å². The van der Waals surface area contributed by atoms with Crippen molar-refractivity contribution in [2.24, 2.45) is 11.8 Å². The molecule has 3 aromatic carbocycles. The van der Waals surface area contributed by atoms with Gasteiger partial charge in [0.25, 0.3) is 21.6 Å². The first-order chi connectivity index (χ1) is 28.7. The minimum atomic E-state index is -4.55. The summed E-state index contributed by atoms with van der Waals surface area (Å²) in [5.41, 5.74) is 6.71. The van der Waals surface area contributed by atoms with Crippen LogP contribution in [0.5, 0.6) is 11.5 Å². The summed E-state index contributed by atoms with van der Waals surface area (Å²) in [6, 6.07) is 21.1. The minimum Gasteiger partial charge on any atom is -0.455 e. The third-order valence-corrected chi connectivity index (χ3v) is 13.6. The molecule has 0 bridgehead atoms. The molecular weight excluding hydrogens is 769 g/mol. The van der Waals surface area contributed by atoms with Crippen LogP contribution in [0.2, 0.25) is 0 Å². The van der Waals surface area contributed by atoms with Gasteiger partial charge < -0.3 is 24.7 Å². The first-order valence-corrected chi connectivity index (χ1v) is 22.2. The summed E-state index contributed by atoms with van der Waals surface area (Å²) >= 11 is 0. The van der Waals surface area contributed by atoms with Crippen LogP contribution in [-0.2, 0) is 14.8 Å². The molecule has 2 aliphatic carbocycles. The minimum absolute atomic E-state index is 0.0421. The average Bonchev–Trinajstić information content (AvgIpc) is 3.79. The second kappa shape index (κ2) is 16.5. The van der Waals surface area contributed by atoms with E-state index >= 15 is 0 Å². The molecule has 5 aromatic rings. The van der Waals surface area contributed by atoms with Gasteiger partial charge in [-0.2, -0.15) is 0 Å². The predicted molar refractivity (Wildman–Crippen MR) is 226 cm³/mol. The number of carbonyl (C=O) groups excluding carboxylic acids is 1. The maximum absolute atomic E-state index is 13.9. The number of nitrogens with one attached hydrogen (secondary N) is 3. The van der Waals surface area contributed by atoms with Crippen LogP contribution < -0.4 is 19.7 Å². The molecule has 2 aromatic heterocycles. The summed E-state index contributed by atoms with van der Waals surface area (Å²) in [6.07, 6.45) is 15.0. The topological polar surface area (TPSA) is 169 Å². The van der Waals surface area contributed by atoms with E-state index in [1.54, 1.807) is 35.5 Å². The highest BCUT2D eigenvalue weighted by atomic mass is 32.2. The summed E-state index contributed by atoms with van der Waals surface area (Å²) in [6.45, 7) is 2.78. The number of pyridine rings is 1. The SMILES string of the molecule is O=C(NS(=O)(=O)c1ccc(NCC2CCOCC2)c([N+](=O)[O-])c1)c1ccc(-c2ccc(N3CCCC3C3=C(C4CC4)CCCC3)cc2)cc1Oc1cnc2[nH]ccc2c1. The number of hydrogen-bond donors (Lipinski definition) is 3. The normalized spacial score (nSPS) is 18.9. The molecule has 0 spiro atoms. The van der Waals surface area contributed by atoms with E-state index in [0.717, 1.165) is 47.9 Å². The summed E-state index contributed by atoms with van der Waals surface area (Å²) in [5, 5.41) is 16.0. The predicted octanol–water partition coefficient (Wildman–Crippen LogP) is 9.14. The van der Waals surface area contributed by atoms with Crippen molar-refractivity contribution in [2.45, 2.75) is 75.1 Å². The number of amides is 1. The van der Waals surface area contributed by atoms with Gasteiger partial charge in [0.2, 0.25) is 0 Å². The Balaban J connectivity index is 0.977. The van der Waals surface area contributed by atoms with Crippen LogP contribution in [0.4, 0.5) is 17.1 Å². The summed E-state index contributed by atoms with van der Waals surface area (Å²) < 4.78 is 41.1. The van der Waals surface area contributed by atoms with Crippen LogP contribution in [0.15, 0.2) is 101 Å². The molecule has 1 saturated carbocycles. The standard InChI is InChI=1S/C45H48N6O7S/c52-45(49-59(55,56)36-14-16-40(42(26-36)51(53)54)47-27-29-18-22-57-23-19-29)39-15-11-32(25-43(39)58-35-24-33-17-20-46-44(33)48-28-35)30-9-12-34(13-10-30)50-21-3-6-41(50)38-5-2-1-4-37(38)31-7-8-31/h9-17,20,24-26,28-29,31,41,47H,1-8,18-19,21-23,27H2,(H,46,48)(H,49,52). The number of nitro groups is 1. The molecule has 14 heteroatoms. The number of nitro benzene ring substituents is 1. The van der Waals surface area contributed by atoms with Crippen LogP contribution in [0.3, 0.4) is 0 Å². The van der Waals surface area contributed by atoms with E-state index in [1.165, 1.54) is 81.4 Å². The highest BCUT2D eigenvalue weighted by molar-refractivity contribution is 7.90. The number of aromatic amines is 1. The number of rotatable bonds is 13. The molecule has 1 amide bonds. The number of allylic oxidation sites excluding steroid dienone is 1. The number of anilines is 2. The van der Waals surface area contributed by atoms with Crippen LogP contribution in [0.1, 0.15) is 74.6 Å². The lowest BCUT2D eigenvalue weighted by atomic mass is 9.84. The average molecular weight is 817 g/mol. The number of fused-ring (bicyclic) bond motifs is 1. The van der Waals surface area contributed by atoms with E-state index in [4.69, 9.17) is 9.47 Å². The lowest BCUT2D eigenvalue weighted by Crippen LogP contribution is -2.32. The van der Waals surface area contributed by atoms with Crippen LogP contribution in [-0.4, -0.2) is 61.6 Å². The number of benzene rings is 3. The highest BCUT2D eigenvalue weighted by Gasteiger charge is 2.36. The van der Waals surface area contributed by atoms with Gasteiger partial charge in [0.05, 0.1) is 27.6 Å². The van der Waals surface area contributed by atoms with Crippen LogP contribution in [0.25, 0.3) is 22.2 Å². The zero-order valence-corrected chi connectivity index (χ0v) is 33.6. The van der Waals surface area contributed by atoms with Gasteiger partial charge in [0.1, 0.15) is 22.8 Å². The fourth-order valence-corrected chi connectivity index (χ4v) is 10.00. The lowest BCUT2D eigenvalue weighted by Gasteiger charge is -2.33. The van der Waals surface area contributed by atoms with E-state index in [1.807, 2.05) is 6.07 Å². The smallest absolute Gasteiger partial charge is 0.293 e. The Morgan fingerprint density at radius 3 is 2.47 bits per heavy atom. The van der Waals surface area contributed by atoms with Gasteiger partial charge >= 0.3 is 0 Å². The molecule has 1 unspecified atom stereocenters. The van der Waals surface area contributed by atoms with Crippen molar-refractivity contribution in [1.29, 1.82) is 0 Å². The van der Waals surface area contributed by atoms with E-state index in [2.05, 4.69) is 49.2 Å². The number of aromatic nitrogens is 2. The van der Waals surface area contributed by atoms with Crippen molar-refractivity contribution in [3.05, 3.63) is 112 Å². The molecule has 13 nitrogen and oxygen atoms in total. The number of carbonyl (C=O) groups is 1. The molecule has 2 saturated heterocycles. The van der Waals surface area contributed by atoms with Gasteiger partial charge in [-0.25, -0.2) is 18.1 Å². The molecule has 306 valence electrons. The number of ether oxygens (including phenoxy) is 2. The molecular formula is C45H48N6O7S. The van der Waals surface area contributed by atoms with Crippen LogP contribution in [0, 0.1) is 22.0 Å². The van der Waals surface area contributed by atoms with Crippen molar-refractivity contribution in [1.82, 2.24) is 14.7 Å². The zero-order chi connectivity index (χ0) is 40.5. The van der Waals surface area contributed by atoms with Crippen molar-refractivity contribution in [3.63, 3.8) is 0 Å². The molecule has 1 atom stereocenters. The molecule has 0 radical (unpaired) electrons. The van der Waals surface area contributed by atoms with E-state index in [-0.39, 0.29) is 22.9 Å². The largest absolute Gasteiger partial charge is 0.455 e. The third-order valence-electron chi connectivity index (χ3n) is 12.3. The first kappa shape index (κ1) is 38.8. The molecule has 3 fully saturated rings. The van der Waals surface area contributed by atoms with Gasteiger partial charge in [0.15, 0.2) is 0 Å². The van der Waals surface area contributed by atoms with Crippen molar-refractivity contribution in [2.75, 3.05) is 36.5 Å². The molecule has 2 aliphatic heterocycles. The van der Waals surface area contributed by atoms with E-state index in [9.17, 15) is 23.3 Å². The van der Waals surface area contributed by atoms with Gasteiger partial charge in [0, 0.05) is 49.6 Å². The third kappa shape index (κ3) is 8.42. The molecule has 9 rings (SSSR count). The Hall–Kier alpha value is -5.73. The molecule has 59 heavy (non-hydrogen) atoms. The van der Waals surface area contributed by atoms with Crippen molar-refractivity contribution < 1.29 is 27.6 Å². The van der Waals surface area contributed by atoms with Gasteiger partial charge in [-0.15, -0.1) is 0 Å². The Morgan fingerprint density at radius 1 is 0.915 bits per heavy atom. The number of sulfonamides is 1. The van der Waals surface area contributed by atoms with Crippen LogP contribution >= 0.6 is 0 Å². The second-order valence-corrected chi connectivity index (χ2v) is 17.8. The fraction of sp³-hybridized carbons (Fsp3) is 0.378. The maximum atomic E-state index is 13.9. The highest BCUT2D eigenvalue weighted by Crippen LogP contribution is 2.47. The number of H-pyrrole nitrogens is 1. The Labute approximate surface area is 343 Å². The fourth-order valence-electron chi connectivity index (χ4n) is 9.01. The Bertz CT molecular complexity index is 2530. The number of hydrogen-bond acceptors (Lipinski definition) is 10. The first-order valence-electron chi connectivity index (χ1n) is 20.7. The van der Waals surface area contributed by atoms with Crippen molar-refractivity contribution >= 4 is 44.0 Å². The number of nitrogens with zero attached hydrogens (tertiary/aromatic N) is 3. The van der Waals surface area contributed by atoms with Gasteiger partial charge in [-0.05, 0) is 141 Å². The lowest BCUT2D eigenvalue weighted by molar-refractivity contribution is -0.384. The summed E-state index contributed by atoms with van der Waals surface area (Å²) in [5.74, 6) is 0.597.